The summed E-state index contributed by atoms with van der Waals surface area (Å²) >= 11 is 6.11. The van der Waals surface area contributed by atoms with Crippen LogP contribution in [0.4, 0.5) is 10.5 Å². The molecule has 2 amide bonds. The molecule has 1 N–H and O–H groups in total. The van der Waals surface area contributed by atoms with E-state index >= 15 is 0 Å². The van der Waals surface area contributed by atoms with E-state index in [-0.39, 0.29) is 17.9 Å². The first-order valence-electron chi connectivity index (χ1n) is 6.91. The highest BCUT2D eigenvalue weighted by atomic mass is 35.5. The van der Waals surface area contributed by atoms with Crippen molar-refractivity contribution in [3.63, 3.8) is 0 Å². The molecule has 1 aromatic rings. The Balaban J connectivity index is 2.05. The minimum atomic E-state index is -0.263. The smallest absolute Gasteiger partial charge is 0.321 e. The zero-order chi connectivity index (χ0) is 15.4. The predicted molar refractivity (Wildman–Crippen MR) is 81.5 cm³/mol. The number of hydrogen-bond donors (Lipinski definition) is 1. The second kappa shape index (κ2) is 6.80. The SMILES string of the molecule is COC(=O)[C@H]1CCCN(C(=O)Nc2c(C)cccc2Cl)C1. The highest BCUT2D eigenvalue weighted by Crippen LogP contribution is 2.26. The summed E-state index contributed by atoms with van der Waals surface area (Å²) in [6.45, 7) is 2.89. The Morgan fingerprint density at radius 3 is 2.86 bits per heavy atom. The molecule has 0 aromatic heterocycles. The fourth-order valence-electron chi connectivity index (χ4n) is 2.50. The minimum absolute atomic E-state index is 0.236. The number of nitrogens with one attached hydrogen (secondary N) is 1. The fraction of sp³-hybridized carbons (Fsp3) is 0.467. The first kappa shape index (κ1) is 15.6. The number of para-hydroxylation sites is 1. The van der Waals surface area contributed by atoms with Gasteiger partial charge < -0.3 is 15.0 Å². The van der Waals surface area contributed by atoms with E-state index in [0.29, 0.717) is 23.8 Å². The molecule has 1 aromatic carbocycles. The van der Waals surface area contributed by atoms with E-state index in [2.05, 4.69) is 5.32 Å². The Bertz CT molecular complexity index is 527. The fourth-order valence-corrected chi connectivity index (χ4v) is 2.77. The maximum absolute atomic E-state index is 12.3. The standard InChI is InChI=1S/C15H19ClN2O3/c1-10-5-3-7-12(16)13(10)17-15(20)18-8-4-6-11(9-18)14(19)21-2/h3,5,7,11H,4,6,8-9H2,1-2H3,(H,17,20)/t11-/m0/s1. The predicted octanol–water partition coefficient (Wildman–Crippen LogP) is 3.07. The largest absolute Gasteiger partial charge is 0.469 e. The molecule has 0 unspecified atom stereocenters. The maximum atomic E-state index is 12.3. The number of esters is 1. The molecule has 6 heteroatoms. The molecule has 0 bridgehead atoms. The number of anilines is 1. The van der Waals surface area contributed by atoms with E-state index in [4.69, 9.17) is 16.3 Å². The summed E-state index contributed by atoms with van der Waals surface area (Å²) in [5, 5.41) is 3.33. The second-order valence-corrected chi connectivity index (χ2v) is 5.58. The normalized spacial score (nSPS) is 18.2. The Kier molecular flexibility index (Phi) is 5.07. The Labute approximate surface area is 129 Å². The number of nitrogens with zero attached hydrogens (tertiary/aromatic N) is 1. The molecule has 0 saturated carbocycles. The topological polar surface area (TPSA) is 58.6 Å². The summed E-state index contributed by atoms with van der Waals surface area (Å²) < 4.78 is 4.76. The third kappa shape index (κ3) is 3.67. The van der Waals surface area contributed by atoms with Crippen molar-refractivity contribution in [2.75, 3.05) is 25.5 Å². The van der Waals surface area contributed by atoms with E-state index in [0.717, 1.165) is 18.4 Å². The highest BCUT2D eigenvalue weighted by Gasteiger charge is 2.29. The van der Waals surface area contributed by atoms with Crippen molar-refractivity contribution in [1.82, 2.24) is 4.90 Å². The number of carbonyl (C=O) groups is 2. The molecule has 0 aliphatic carbocycles. The van der Waals surface area contributed by atoms with Gasteiger partial charge >= 0.3 is 12.0 Å². The van der Waals surface area contributed by atoms with Crippen LogP contribution in [0.1, 0.15) is 18.4 Å². The van der Waals surface area contributed by atoms with Crippen molar-refractivity contribution in [3.8, 4) is 0 Å². The van der Waals surface area contributed by atoms with Gasteiger partial charge in [0.1, 0.15) is 0 Å². The van der Waals surface area contributed by atoms with Crippen molar-refractivity contribution >= 4 is 29.3 Å². The summed E-state index contributed by atoms with van der Waals surface area (Å²) in [7, 11) is 1.37. The molecule has 1 fully saturated rings. The number of urea groups is 1. The van der Waals surface area contributed by atoms with Gasteiger partial charge in [-0.05, 0) is 31.4 Å². The molecule has 0 radical (unpaired) electrons. The summed E-state index contributed by atoms with van der Waals surface area (Å²) in [5.41, 5.74) is 1.52. The van der Waals surface area contributed by atoms with Crippen LogP contribution in [-0.2, 0) is 9.53 Å². The van der Waals surface area contributed by atoms with Gasteiger partial charge in [-0.25, -0.2) is 4.79 Å². The summed E-state index contributed by atoms with van der Waals surface area (Å²) in [5.74, 6) is -0.511. The number of aryl methyl sites for hydroxylation is 1. The molecule has 1 atom stereocenters. The Morgan fingerprint density at radius 2 is 2.19 bits per heavy atom. The van der Waals surface area contributed by atoms with Crippen LogP contribution in [0.15, 0.2) is 18.2 Å². The second-order valence-electron chi connectivity index (χ2n) is 5.17. The van der Waals surface area contributed by atoms with Gasteiger partial charge in [-0.2, -0.15) is 0 Å². The number of amides is 2. The highest BCUT2D eigenvalue weighted by molar-refractivity contribution is 6.33. The zero-order valence-electron chi connectivity index (χ0n) is 12.2. The first-order valence-corrected chi connectivity index (χ1v) is 7.29. The van der Waals surface area contributed by atoms with Crippen molar-refractivity contribution < 1.29 is 14.3 Å². The van der Waals surface area contributed by atoms with Crippen LogP contribution in [0.2, 0.25) is 5.02 Å². The first-order chi connectivity index (χ1) is 10.0. The average molecular weight is 311 g/mol. The van der Waals surface area contributed by atoms with Crippen LogP contribution in [-0.4, -0.2) is 37.1 Å². The molecular weight excluding hydrogens is 292 g/mol. The molecule has 1 saturated heterocycles. The lowest BCUT2D eigenvalue weighted by molar-refractivity contribution is -0.146. The van der Waals surface area contributed by atoms with Crippen molar-refractivity contribution in [2.24, 2.45) is 5.92 Å². The van der Waals surface area contributed by atoms with Gasteiger partial charge in [-0.15, -0.1) is 0 Å². The van der Waals surface area contributed by atoms with Crippen LogP contribution >= 0.6 is 11.6 Å². The van der Waals surface area contributed by atoms with Crippen molar-refractivity contribution in [2.45, 2.75) is 19.8 Å². The van der Waals surface area contributed by atoms with Crippen LogP contribution in [0.3, 0.4) is 0 Å². The molecule has 2 rings (SSSR count). The summed E-state index contributed by atoms with van der Waals surface area (Å²) in [6.07, 6.45) is 1.54. The average Bonchev–Trinajstić information content (AvgIpc) is 2.50. The number of ether oxygens (including phenoxy) is 1. The molecular formula is C15H19ClN2O3. The molecule has 5 nitrogen and oxygen atoms in total. The number of likely N-dealkylation sites (tertiary alicyclic amines) is 1. The van der Waals surface area contributed by atoms with E-state index in [1.54, 1.807) is 11.0 Å². The van der Waals surface area contributed by atoms with Gasteiger partial charge in [0.05, 0.1) is 23.7 Å². The lowest BCUT2D eigenvalue weighted by Crippen LogP contribution is -2.44. The quantitative estimate of drug-likeness (QED) is 0.854. The number of hydrogen-bond acceptors (Lipinski definition) is 3. The summed E-state index contributed by atoms with van der Waals surface area (Å²) in [6, 6.07) is 5.22. The lowest BCUT2D eigenvalue weighted by Gasteiger charge is -2.31. The van der Waals surface area contributed by atoms with Crippen LogP contribution in [0.25, 0.3) is 0 Å². The summed E-state index contributed by atoms with van der Waals surface area (Å²) in [4.78, 5) is 25.6. The molecule has 114 valence electrons. The number of halogens is 1. The van der Waals surface area contributed by atoms with Crippen molar-refractivity contribution in [3.05, 3.63) is 28.8 Å². The lowest BCUT2D eigenvalue weighted by atomic mass is 9.98. The Hall–Kier alpha value is -1.75. The van der Waals surface area contributed by atoms with Crippen LogP contribution in [0.5, 0.6) is 0 Å². The van der Waals surface area contributed by atoms with Gasteiger partial charge in [0, 0.05) is 13.1 Å². The zero-order valence-corrected chi connectivity index (χ0v) is 12.9. The van der Waals surface area contributed by atoms with E-state index in [1.807, 2.05) is 19.1 Å². The molecule has 1 aliphatic heterocycles. The van der Waals surface area contributed by atoms with E-state index in [1.165, 1.54) is 7.11 Å². The monoisotopic (exact) mass is 310 g/mol. The van der Waals surface area contributed by atoms with E-state index < -0.39 is 0 Å². The number of carbonyl (C=O) groups excluding carboxylic acids is 2. The number of methoxy groups -OCH3 is 1. The molecule has 1 heterocycles. The molecule has 1 aliphatic rings. The van der Waals surface area contributed by atoms with Gasteiger partial charge in [0.2, 0.25) is 0 Å². The Morgan fingerprint density at radius 1 is 1.43 bits per heavy atom. The third-order valence-corrected chi connectivity index (χ3v) is 4.01. The van der Waals surface area contributed by atoms with Gasteiger partial charge in [-0.1, -0.05) is 23.7 Å². The van der Waals surface area contributed by atoms with Gasteiger partial charge in [0.25, 0.3) is 0 Å². The van der Waals surface area contributed by atoms with Gasteiger partial charge in [-0.3, -0.25) is 4.79 Å². The van der Waals surface area contributed by atoms with Gasteiger partial charge in [0.15, 0.2) is 0 Å². The maximum Gasteiger partial charge on any atom is 0.321 e. The van der Waals surface area contributed by atoms with Crippen LogP contribution in [0, 0.1) is 12.8 Å². The molecule has 0 spiro atoms. The molecule has 21 heavy (non-hydrogen) atoms. The minimum Gasteiger partial charge on any atom is -0.469 e. The van der Waals surface area contributed by atoms with Crippen LogP contribution < -0.4 is 5.32 Å². The number of benzene rings is 1. The number of piperidine rings is 1. The third-order valence-electron chi connectivity index (χ3n) is 3.70. The number of rotatable bonds is 2. The van der Waals surface area contributed by atoms with E-state index in [9.17, 15) is 9.59 Å². The van der Waals surface area contributed by atoms with Crippen molar-refractivity contribution in [1.29, 1.82) is 0 Å².